The summed E-state index contributed by atoms with van der Waals surface area (Å²) in [4.78, 5) is 17.7. The summed E-state index contributed by atoms with van der Waals surface area (Å²) in [5, 5.41) is 5.42. The predicted octanol–water partition coefficient (Wildman–Crippen LogP) is 4.40. The van der Waals surface area contributed by atoms with Crippen LogP contribution in [-0.2, 0) is 21.2 Å². The topological polar surface area (TPSA) is 88.6 Å². The number of amides is 1. The highest BCUT2D eigenvalue weighted by molar-refractivity contribution is 7.89. The summed E-state index contributed by atoms with van der Waals surface area (Å²) in [6.45, 7) is 5.24. The van der Waals surface area contributed by atoms with Gasteiger partial charge in [-0.3, -0.25) is 4.79 Å². The number of rotatable bonds is 5. The first-order valence-corrected chi connectivity index (χ1v) is 13.7. The zero-order valence-electron chi connectivity index (χ0n) is 19.2. The minimum absolute atomic E-state index is 0.105. The van der Waals surface area contributed by atoms with E-state index in [1.807, 2.05) is 37.4 Å². The van der Waals surface area contributed by atoms with Gasteiger partial charge in [0.2, 0.25) is 15.9 Å². The molecule has 34 heavy (non-hydrogen) atoms. The molecule has 3 heterocycles. The van der Waals surface area contributed by atoms with Crippen molar-refractivity contribution in [2.75, 3.05) is 25.0 Å². The fourth-order valence-corrected chi connectivity index (χ4v) is 6.68. The van der Waals surface area contributed by atoms with E-state index in [-0.39, 0.29) is 11.8 Å². The fraction of sp³-hybridized carbons (Fsp3) is 0.360. The van der Waals surface area contributed by atoms with Gasteiger partial charge in [-0.15, -0.1) is 11.3 Å². The summed E-state index contributed by atoms with van der Waals surface area (Å²) in [6, 6.07) is 11.3. The summed E-state index contributed by atoms with van der Waals surface area (Å²) in [6.07, 6.45) is 1.87. The number of hydrogen-bond donors (Lipinski definition) is 1. The lowest BCUT2D eigenvalue weighted by molar-refractivity contribution is -0.120. The molecule has 1 amide bonds. The van der Waals surface area contributed by atoms with E-state index < -0.39 is 10.0 Å². The molecule has 0 radical (unpaired) electrons. The number of sulfonamides is 1. The number of thiazole rings is 1. The van der Waals surface area contributed by atoms with Crippen molar-refractivity contribution in [3.8, 4) is 17.0 Å². The fourth-order valence-electron chi connectivity index (χ4n) is 4.40. The number of aromatic nitrogens is 1. The number of nitrogens with one attached hydrogen (secondary N) is 1. The smallest absolute Gasteiger partial charge is 0.243 e. The molecule has 1 N–H and O–H groups in total. The number of carbonyl (C=O) groups is 1. The molecule has 0 spiro atoms. The molecule has 0 unspecified atom stereocenters. The zero-order valence-corrected chi connectivity index (χ0v) is 20.8. The van der Waals surface area contributed by atoms with Crippen LogP contribution in [0.15, 0.2) is 46.7 Å². The van der Waals surface area contributed by atoms with E-state index in [1.165, 1.54) is 21.2 Å². The van der Waals surface area contributed by atoms with Crippen LogP contribution in [0.4, 0.5) is 5.13 Å². The van der Waals surface area contributed by atoms with Gasteiger partial charge in [0.25, 0.3) is 0 Å². The number of anilines is 1. The van der Waals surface area contributed by atoms with Crippen molar-refractivity contribution in [1.82, 2.24) is 9.29 Å². The van der Waals surface area contributed by atoms with Gasteiger partial charge in [0, 0.05) is 36.4 Å². The second kappa shape index (κ2) is 9.13. The van der Waals surface area contributed by atoms with Gasteiger partial charge < -0.3 is 10.1 Å². The highest BCUT2D eigenvalue weighted by atomic mass is 32.2. The molecule has 178 valence electrons. The standard InChI is InChI=1S/C25H27N3O4S2/c1-16-3-5-21(13-17(16)2)34(30,31)28-10-7-18(8-11-28)24(29)27-25-26-22(15-33-25)19-4-6-23-20(14-19)9-12-32-23/h3-6,13-15,18H,7-12H2,1-2H3,(H,26,27,29). The van der Waals surface area contributed by atoms with Gasteiger partial charge in [-0.05, 0) is 73.7 Å². The molecule has 1 aromatic heterocycles. The molecule has 2 aromatic carbocycles. The average Bonchev–Trinajstić information content (AvgIpc) is 3.50. The van der Waals surface area contributed by atoms with Crippen molar-refractivity contribution in [2.45, 2.75) is 38.0 Å². The van der Waals surface area contributed by atoms with Crippen LogP contribution in [0.1, 0.15) is 29.5 Å². The Balaban J connectivity index is 1.20. The zero-order chi connectivity index (χ0) is 23.9. The number of hydrogen-bond acceptors (Lipinski definition) is 6. The number of nitrogens with zero attached hydrogens (tertiary/aromatic N) is 2. The third-order valence-electron chi connectivity index (χ3n) is 6.66. The lowest BCUT2D eigenvalue weighted by Crippen LogP contribution is -2.41. The van der Waals surface area contributed by atoms with Crippen molar-refractivity contribution >= 4 is 32.4 Å². The van der Waals surface area contributed by atoms with Gasteiger partial charge in [-0.25, -0.2) is 13.4 Å². The van der Waals surface area contributed by atoms with Crippen molar-refractivity contribution < 1.29 is 17.9 Å². The van der Waals surface area contributed by atoms with Crippen LogP contribution in [0.5, 0.6) is 5.75 Å². The second-order valence-corrected chi connectivity index (χ2v) is 11.7. The van der Waals surface area contributed by atoms with E-state index in [4.69, 9.17) is 4.74 Å². The van der Waals surface area contributed by atoms with Crippen molar-refractivity contribution in [3.05, 3.63) is 58.5 Å². The van der Waals surface area contributed by atoms with Gasteiger partial charge in [0.05, 0.1) is 17.2 Å². The van der Waals surface area contributed by atoms with Crippen molar-refractivity contribution in [3.63, 3.8) is 0 Å². The first-order valence-electron chi connectivity index (χ1n) is 11.4. The van der Waals surface area contributed by atoms with Gasteiger partial charge in [-0.2, -0.15) is 4.31 Å². The molecule has 7 nitrogen and oxygen atoms in total. The number of piperidine rings is 1. The lowest BCUT2D eigenvalue weighted by Gasteiger charge is -2.30. The predicted molar refractivity (Wildman–Crippen MR) is 133 cm³/mol. The van der Waals surface area contributed by atoms with Gasteiger partial charge >= 0.3 is 0 Å². The van der Waals surface area contributed by atoms with Crippen LogP contribution < -0.4 is 10.1 Å². The summed E-state index contributed by atoms with van der Waals surface area (Å²) in [7, 11) is -3.56. The monoisotopic (exact) mass is 497 g/mol. The number of ether oxygens (including phenoxy) is 1. The summed E-state index contributed by atoms with van der Waals surface area (Å²) < 4.78 is 33.1. The molecular formula is C25H27N3O4S2. The normalized spacial score (nSPS) is 16.8. The Kier molecular flexibility index (Phi) is 6.18. The Bertz CT molecular complexity index is 1340. The first kappa shape index (κ1) is 23.0. The van der Waals surface area contributed by atoms with E-state index >= 15 is 0 Å². The Hall–Kier alpha value is -2.75. The Morgan fingerprint density at radius 1 is 1.12 bits per heavy atom. The molecule has 0 saturated carbocycles. The van der Waals surface area contributed by atoms with Crippen LogP contribution in [0.3, 0.4) is 0 Å². The van der Waals surface area contributed by atoms with E-state index in [0.29, 0.717) is 42.6 Å². The molecule has 1 saturated heterocycles. The van der Waals surface area contributed by atoms with Crippen LogP contribution in [0.2, 0.25) is 0 Å². The lowest BCUT2D eigenvalue weighted by atomic mass is 9.97. The minimum atomic E-state index is -3.56. The van der Waals surface area contributed by atoms with Crippen molar-refractivity contribution in [1.29, 1.82) is 0 Å². The van der Waals surface area contributed by atoms with E-state index in [0.717, 1.165) is 34.6 Å². The molecule has 0 bridgehead atoms. The Labute approximate surface area is 203 Å². The SMILES string of the molecule is Cc1ccc(S(=O)(=O)N2CCC(C(=O)Nc3nc(-c4ccc5c(c4)CCO5)cs3)CC2)cc1C. The molecule has 2 aliphatic heterocycles. The number of fused-ring (bicyclic) bond motifs is 1. The number of aryl methyl sites for hydroxylation is 2. The quantitative estimate of drug-likeness (QED) is 0.564. The average molecular weight is 498 g/mol. The maximum atomic E-state index is 13.0. The third kappa shape index (κ3) is 4.47. The van der Waals surface area contributed by atoms with Gasteiger partial charge in [0.1, 0.15) is 5.75 Å². The molecule has 9 heteroatoms. The van der Waals surface area contributed by atoms with Crippen LogP contribution in [0, 0.1) is 19.8 Å². The molecule has 0 aliphatic carbocycles. The highest BCUT2D eigenvalue weighted by Gasteiger charge is 2.32. The highest BCUT2D eigenvalue weighted by Crippen LogP contribution is 2.32. The van der Waals surface area contributed by atoms with E-state index in [1.54, 1.807) is 12.1 Å². The number of carbonyl (C=O) groups excluding carboxylic acids is 1. The van der Waals surface area contributed by atoms with Crippen LogP contribution >= 0.6 is 11.3 Å². The van der Waals surface area contributed by atoms with Gasteiger partial charge in [-0.1, -0.05) is 6.07 Å². The minimum Gasteiger partial charge on any atom is -0.493 e. The summed E-state index contributed by atoms with van der Waals surface area (Å²) in [5.41, 5.74) is 5.02. The van der Waals surface area contributed by atoms with E-state index in [2.05, 4.69) is 16.4 Å². The summed E-state index contributed by atoms with van der Waals surface area (Å²) in [5.74, 6) is 0.584. The molecule has 1 fully saturated rings. The van der Waals surface area contributed by atoms with Crippen LogP contribution in [-0.4, -0.2) is 43.3 Å². The Morgan fingerprint density at radius 3 is 2.68 bits per heavy atom. The van der Waals surface area contributed by atoms with Crippen molar-refractivity contribution in [2.24, 2.45) is 5.92 Å². The molecule has 5 rings (SSSR count). The Morgan fingerprint density at radius 2 is 1.91 bits per heavy atom. The maximum absolute atomic E-state index is 13.0. The maximum Gasteiger partial charge on any atom is 0.243 e. The third-order valence-corrected chi connectivity index (χ3v) is 9.31. The van der Waals surface area contributed by atoms with Gasteiger partial charge in [0.15, 0.2) is 5.13 Å². The summed E-state index contributed by atoms with van der Waals surface area (Å²) >= 11 is 1.39. The van der Waals surface area contributed by atoms with E-state index in [9.17, 15) is 13.2 Å². The number of benzene rings is 2. The largest absolute Gasteiger partial charge is 0.493 e. The molecule has 0 atom stereocenters. The van der Waals surface area contributed by atoms with Crippen LogP contribution in [0.25, 0.3) is 11.3 Å². The molecular weight excluding hydrogens is 470 g/mol. The second-order valence-electron chi connectivity index (χ2n) is 8.87. The molecule has 3 aromatic rings. The molecule has 2 aliphatic rings. The first-order chi connectivity index (χ1) is 16.3.